The van der Waals surface area contributed by atoms with E-state index >= 15 is 0 Å². The Kier molecular flexibility index (Phi) is 8.27. The van der Waals surface area contributed by atoms with Crippen LogP contribution in [0.3, 0.4) is 0 Å². The van der Waals surface area contributed by atoms with Crippen molar-refractivity contribution in [1.29, 1.82) is 0 Å². The summed E-state index contributed by atoms with van der Waals surface area (Å²) in [5.41, 5.74) is 3.48. The Labute approximate surface area is 238 Å². The summed E-state index contributed by atoms with van der Waals surface area (Å²) in [6, 6.07) is -1.42. The number of carbonyl (C=O) groups excluding carboxylic acids is 4. The Morgan fingerprint density at radius 2 is 1.93 bits per heavy atom. The molecule has 0 spiro atoms. The van der Waals surface area contributed by atoms with Crippen LogP contribution in [0.25, 0.3) is 0 Å². The van der Waals surface area contributed by atoms with Gasteiger partial charge in [0.25, 0.3) is 11.8 Å². The lowest BCUT2D eigenvalue weighted by molar-refractivity contribution is -0.199. The summed E-state index contributed by atoms with van der Waals surface area (Å²) >= 11 is 1.71. The first-order valence-electron chi connectivity index (χ1n) is 11.3. The summed E-state index contributed by atoms with van der Waals surface area (Å²) in [5, 5.41) is 14.9. The number of nitrogens with zero attached hydrogens (tertiary/aromatic N) is 4. The van der Waals surface area contributed by atoms with Crippen LogP contribution in [0.15, 0.2) is 33.5 Å². The van der Waals surface area contributed by atoms with Crippen LogP contribution in [0.5, 0.6) is 0 Å². The van der Waals surface area contributed by atoms with E-state index in [0.29, 0.717) is 4.90 Å². The van der Waals surface area contributed by atoms with Crippen molar-refractivity contribution < 1.29 is 60.3 Å². The second kappa shape index (κ2) is 11.3. The zero-order valence-corrected chi connectivity index (χ0v) is 22.1. The summed E-state index contributed by atoms with van der Waals surface area (Å²) in [6.07, 6.45) is -9.04. The number of carboxylic acids is 1. The van der Waals surface area contributed by atoms with Crippen molar-refractivity contribution in [3.8, 4) is 0 Å². The van der Waals surface area contributed by atoms with E-state index in [1.165, 1.54) is 0 Å². The van der Waals surface area contributed by atoms with E-state index in [4.69, 9.17) is 5.73 Å². The standard InChI is InChI=1S/C21H16F6N6O7S2/c22-20(23,24)6-32-2-1-7(14(32)35)3-8-4-41-16-11(15(36)33(16)12(8)17(37)38)30-13(34)10(9-5-42-19(28)29-9)31-40-18(39)21(25,26)27/h3,5,11,16H,1-2,4,6H2,(H2,28,29)(H,30,34)(H,37,38)/b7-3+,31-10-/t11-,16-/m1/s1. The molecule has 0 unspecified atom stereocenters. The van der Waals surface area contributed by atoms with Crippen molar-refractivity contribution >= 4 is 63.6 Å². The minimum absolute atomic E-state index is 0.0293. The Morgan fingerprint density at radius 3 is 2.50 bits per heavy atom. The van der Waals surface area contributed by atoms with Gasteiger partial charge in [-0.1, -0.05) is 5.16 Å². The van der Waals surface area contributed by atoms with Crippen molar-refractivity contribution in [2.24, 2.45) is 5.16 Å². The molecule has 1 aromatic rings. The Hall–Kier alpha value is -4.14. The minimum atomic E-state index is -5.44. The molecule has 4 heterocycles. The molecule has 0 bridgehead atoms. The van der Waals surface area contributed by atoms with Gasteiger partial charge in [0, 0.05) is 23.3 Å². The predicted molar refractivity (Wildman–Crippen MR) is 130 cm³/mol. The molecule has 2 atom stereocenters. The van der Waals surface area contributed by atoms with Gasteiger partial charge in [0.05, 0.1) is 0 Å². The van der Waals surface area contributed by atoms with E-state index in [2.05, 4.69) is 20.3 Å². The number of oxime groups is 1. The number of alkyl halides is 6. The van der Waals surface area contributed by atoms with Gasteiger partial charge in [0.2, 0.25) is 5.91 Å². The molecule has 2 fully saturated rings. The molecular formula is C21H16F6N6O7S2. The average Bonchev–Trinajstić information content (AvgIpc) is 3.45. The number of nitrogens with two attached hydrogens (primary N) is 1. The molecule has 4 rings (SSSR count). The zero-order valence-electron chi connectivity index (χ0n) is 20.5. The number of nitrogens with one attached hydrogen (secondary N) is 1. The van der Waals surface area contributed by atoms with Gasteiger partial charge < -0.3 is 25.9 Å². The van der Waals surface area contributed by atoms with Crippen molar-refractivity contribution in [1.82, 2.24) is 20.1 Å². The number of thiazole rings is 1. The number of carbonyl (C=O) groups is 5. The highest BCUT2D eigenvalue weighted by Crippen LogP contribution is 2.41. The first kappa shape index (κ1) is 30.8. The van der Waals surface area contributed by atoms with Gasteiger partial charge in [-0.25, -0.2) is 14.6 Å². The fourth-order valence-corrected chi connectivity index (χ4v) is 5.94. The number of allylic oxidation sites excluding steroid dienone is 1. The molecular weight excluding hydrogens is 626 g/mol. The summed E-state index contributed by atoms with van der Waals surface area (Å²) in [4.78, 5) is 70.2. The number of aromatic nitrogens is 1. The van der Waals surface area contributed by atoms with Gasteiger partial charge in [-0.3, -0.25) is 19.3 Å². The zero-order chi connectivity index (χ0) is 31.1. The fraction of sp³-hybridized carbons (Fsp3) is 0.381. The number of likely N-dealkylation sites (tertiary alicyclic amines) is 1. The summed E-state index contributed by atoms with van der Waals surface area (Å²) < 4.78 is 75.8. The molecule has 226 valence electrons. The van der Waals surface area contributed by atoms with E-state index in [1.54, 1.807) is 0 Å². The van der Waals surface area contributed by atoms with Crippen molar-refractivity contribution in [3.05, 3.63) is 34.0 Å². The smallest absolute Gasteiger partial charge is 0.477 e. The monoisotopic (exact) mass is 642 g/mol. The SMILES string of the molecule is Nc1nc(/C(=N/OC(=O)C(F)(F)F)C(=O)N[C@@H]2C(=O)N3C(C(=O)O)=C(/C=C4\CCN(CC(F)(F)F)C4=O)CS[C@H]23)cs1. The third-order valence-corrected chi connectivity index (χ3v) is 7.83. The number of rotatable bonds is 7. The molecule has 2 saturated heterocycles. The lowest BCUT2D eigenvalue weighted by Gasteiger charge is -2.49. The van der Waals surface area contributed by atoms with E-state index in [9.17, 15) is 55.4 Å². The highest BCUT2D eigenvalue weighted by atomic mass is 32.2. The van der Waals surface area contributed by atoms with E-state index in [1.807, 2.05) is 0 Å². The summed E-state index contributed by atoms with van der Waals surface area (Å²) in [7, 11) is 0. The lowest BCUT2D eigenvalue weighted by atomic mass is 10.0. The second-order valence-corrected chi connectivity index (χ2v) is 10.7. The predicted octanol–water partition coefficient (Wildman–Crippen LogP) is 0.994. The van der Waals surface area contributed by atoms with Crippen molar-refractivity contribution in [2.75, 3.05) is 24.6 Å². The highest BCUT2D eigenvalue weighted by Gasteiger charge is 2.54. The van der Waals surface area contributed by atoms with Gasteiger partial charge in [-0.15, -0.1) is 23.1 Å². The highest BCUT2D eigenvalue weighted by molar-refractivity contribution is 8.00. The third-order valence-electron chi connectivity index (χ3n) is 5.85. The number of thioether (sulfide) groups is 1. The molecule has 4 N–H and O–H groups in total. The molecule has 13 nitrogen and oxygen atoms in total. The lowest BCUT2D eigenvalue weighted by Crippen LogP contribution is -2.71. The van der Waals surface area contributed by atoms with Gasteiger partial charge in [0.1, 0.15) is 29.4 Å². The van der Waals surface area contributed by atoms with Gasteiger partial charge >= 0.3 is 24.3 Å². The molecule has 42 heavy (non-hydrogen) atoms. The van der Waals surface area contributed by atoms with Crippen LogP contribution in [0, 0.1) is 0 Å². The summed E-state index contributed by atoms with van der Waals surface area (Å²) in [6.45, 7) is -1.72. The minimum Gasteiger partial charge on any atom is -0.477 e. The third kappa shape index (κ3) is 6.35. The van der Waals surface area contributed by atoms with Crippen LogP contribution in [0.1, 0.15) is 12.1 Å². The van der Waals surface area contributed by atoms with Crippen LogP contribution in [-0.2, 0) is 28.8 Å². The molecule has 0 saturated carbocycles. The normalized spacial score (nSPS) is 22.3. The Balaban J connectivity index is 1.54. The number of aliphatic carboxylic acids is 1. The number of nitrogen functional groups attached to an aromatic ring is 1. The maximum absolute atomic E-state index is 12.9. The molecule has 0 aliphatic carbocycles. The van der Waals surface area contributed by atoms with Gasteiger partial charge in [0.15, 0.2) is 10.8 Å². The molecule has 3 aliphatic heterocycles. The van der Waals surface area contributed by atoms with Crippen LogP contribution < -0.4 is 11.1 Å². The van der Waals surface area contributed by atoms with Crippen molar-refractivity contribution in [3.63, 3.8) is 0 Å². The first-order chi connectivity index (χ1) is 19.5. The van der Waals surface area contributed by atoms with Crippen LogP contribution in [-0.4, -0.2) is 97.9 Å². The maximum Gasteiger partial charge on any atom is 0.493 e. The largest absolute Gasteiger partial charge is 0.493 e. The number of hydrogen-bond donors (Lipinski definition) is 3. The topological polar surface area (TPSA) is 185 Å². The first-order valence-corrected chi connectivity index (χ1v) is 13.3. The van der Waals surface area contributed by atoms with Crippen LogP contribution in [0.4, 0.5) is 31.5 Å². The van der Waals surface area contributed by atoms with Crippen molar-refractivity contribution in [2.45, 2.75) is 30.2 Å². The van der Waals surface area contributed by atoms with E-state index < -0.39 is 71.4 Å². The number of anilines is 1. The number of halogens is 6. The molecule has 0 aromatic carbocycles. The molecule has 0 radical (unpaired) electrons. The van der Waals surface area contributed by atoms with Crippen LogP contribution in [0.2, 0.25) is 0 Å². The fourth-order valence-electron chi connectivity index (χ4n) is 4.08. The molecule has 3 amide bonds. The van der Waals surface area contributed by atoms with Crippen LogP contribution >= 0.6 is 23.1 Å². The van der Waals surface area contributed by atoms with Gasteiger partial charge in [-0.2, -0.15) is 26.3 Å². The molecule has 3 aliphatic rings. The maximum atomic E-state index is 12.9. The Bertz CT molecular complexity index is 1450. The number of fused-ring (bicyclic) bond motifs is 1. The number of β-lactam (4-membered cyclic amide) rings is 1. The average molecular weight is 643 g/mol. The number of carboxylic acid groups (broad SMARTS) is 1. The van der Waals surface area contributed by atoms with E-state index in [0.717, 1.165) is 39.5 Å². The number of hydrogen-bond acceptors (Lipinski definition) is 11. The Morgan fingerprint density at radius 1 is 1.24 bits per heavy atom. The molecule has 21 heteroatoms. The van der Waals surface area contributed by atoms with Gasteiger partial charge in [-0.05, 0) is 18.1 Å². The number of amides is 3. The quantitative estimate of drug-likeness (QED) is 0.0968. The molecule has 1 aromatic heterocycles. The van der Waals surface area contributed by atoms with E-state index in [-0.39, 0.29) is 40.7 Å². The summed E-state index contributed by atoms with van der Waals surface area (Å²) in [5.74, 6) is -7.67. The second-order valence-electron chi connectivity index (χ2n) is 8.69.